The summed E-state index contributed by atoms with van der Waals surface area (Å²) in [5, 5.41) is 34.8. The zero-order chi connectivity index (χ0) is 43.0. The number of ether oxygens (including phenoxy) is 2. The van der Waals surface area contributed by atoms with E-state index >= 15 is 0 Å². The van der Waals surface area contributed by atoms with Crippen LogP contribution in [0.3, 0.4) is 0 Å². The lowest BCUT2D eigenvalue weighted by molar-refractivity contribution is -0.129. The summed E-state index contributed by atoms with van der Waals surface area (Å²) in [4.78, 5) is 54.6. The standard InChI is InChI=1S/C47H60N4O8/c1-46(2,3)40(50-44(56)58-30-34-23-15-9-16-24-34)42(54)48-37(27-32-19-11-7-12-20-32)36(29-52)39(53)38(28-33-21-13-8-14-22-33)49-43(55)41(47(4,5)6)51-45(57)59-31-35-25-17-10-18-26-35/h7-26,36-41,52-53H,27-31H2,1-6H3,(H,48,54)(H,49,55)(H,50,56)(H,51,57)/t36-,37-,38-,39+,40+,41+/m0/s1. The van der Waals surface area contributed by atoms with Gasteiger partial charge < -0.3 is 41.0 Å². The highest BCUT2D eigenvalue weighted by molar-refractivity contribution is 5.87. The topological polar surface area (TPSA) is 175 Å². The molecule has 12 nitrogen and oxygen atoms in total. The summed E-state index contributed by atoms with van der Waals surface area (Å²) in [6, 6.07) is 32.9. The number of carbonyl (C=O) groups excluding carboxylic acids is 4. The van der Waals surface area contributed by atoms with Crippen molar-refractivity contribution in [3.63, 3.8) is 0 Å². The van der Waals surface area contributed by atoms with Crippen LogP contribution in [-0.2, 0) is 45.1 Å². The fourth-order valence-corrected chi connectivity index (χ4v) is 6.72. The summed E-state index contributed by atoms with van der Waals surface area (Å²) in [6.07, 6.45) is -2.62. The highest BCUT2D eigenvalue weighted by Crippen LogP contribution is 2.25. The zero-order valence-electron chi connectivity index (χ0n) is 34.9. The lowest BCUT2D eigenvalue weighted by atomic mass is 9.82. The minimum absolute atomic E-state index is 0.00761. The lowest BCUT2D eigenvalue weighted by Crippen LogP contribution is -2.61. The number of carbonyl (C=O) groups is 4. The normalized spacial score (nSPS) is 14.6. The van der Waals surface area contributed by atoms with E-state index in [1.165, 1.54) is 0 Å². The number of amides is 4. The van der Waals surface area contributed by atoms with Crippen molar-refractivity contribution in [2.45, 2.75) is 97.9 Å². The predicted octanol–water partition coefficient (Wildman–Crippen LogP) is 6.09. The third-order valence-corrected chi connectivity index (χ3v) is 10.0. The number of rotatable bonds is 18. The monoisotopic (exact) mass is 808 g/mol. The van der Waals surface area contributed by atoms with Gasteiger partial charge in [0.25, 0.3) is 0 Å². The molecule has 0 heterocycles. The summed E-state index contributed by atoms with van der Waals surface area (Å²) in [5.74, 6) is -2.13. The SMILES string of the molecule is CC(C)(C)[C@H](NC(=O)OCc1ccccc1)C(=O)N[C@@H](Cc1ccccc1)[C@H](O)[C@@H](CO)[C@H](Cc1ccccc1)NC(=O)[C@@H](NC(=O)OCc1ccccc1)C(C)(C)C. The molecule has 0 radical (unpaired) electrons. The zero-order valence-corrected chi connectivity index (χ0v) is 34.9. The van der Waals surface area contributed by atoms with E-state index in [0.717, 1.165) is 22.3 Å². The molecule has 12 heteroatoms. The second-order valence-corrected chi connectivity index (χ2v) is 17.0. The molecule has 316 valence electrons. The number of aliphatic hydroxyl groups is 2. The van der Waals surface area contributed by atoms with Gasteiger partial charge in [0.15, 0.2) is 0 Å². The number of benzene rings is 4. The maximum Gasteiger partial charge on any atom is 0.408 e. The molecule has 0 fully saturated rings. The molecule has 0 aromatic heterocycles. The average Bonchev–Trinajstić information content (AvgIpc) is 3.21. The van der Waals surface area contributed by atoms with Gasteiger partial charge in [0.1, 0.15) is 25.3 Å². The molecule has 59 heavy (non-hydrogen) atoms. The first-order valence-corrected chi connectivity index (χ1v) is 20.0. The summed E-state index contributed by atoms with van der Waals surface area (Å²) >= 11 is 0. The largest absolute Gasteiger partial charge is 0.445 e. The van der Waals surface area contributed by atoms with Gasteiger partial charge in [0.05, 0.1) is 18.8 Å². The molecule has 0 aliphatic rings. The van der Waals surface area contributed by atoms with Crippen LogP contribution in [0.2, 0.25) is 0 Å². The van der Waals surface area contributed by atoms with Gasteiger partial charge in [-0.15, -0.1) is 0 Å². The Morgan fingerprint density at radius 3 is 1.17 bits per heavy atom. The first kappa shape index (κ1) is 46.0. The molecule has 4 aromatic rings. The number of alkyl carbamates (subject to hydrolysis) is 2. The van der Waals surface area contributed by atoms with Crippen LogP contribution in [0.25, 0.3) is 0 Å². The molecule has 0 saturated heterocycles. The van der Waals surface area contributed by atoms with Crippen LogP contribution in [0.15, 0.2) is 121 Å². The molecule has 4 amide bonds. The first-order chi connectivity index (χ1) is 28.0. The van der Waals surface area contributed by atoms with Gasteiger partial charge in [-0.05, 0) is 45.9 Å². The van der Waals surface area contributed by atoms with Crippen molar-refractivity contribution in [1.82, 2.24) is 21.3 Å². The van der Waals surface area contributed by atoms with Gasteiger partial charge >= 0.3 is 12.2 Å². The molecule has 0 bridgehead atoms. The van der Waals surface area contributed by atoms with Gasteiger partial charge in [-0.1, -0.05) is 163 Å². The van der Waals surface area contributed by atoms with Crippen LogP contribution in [0.5, 0.6) is 0 Å². The first-order valence-electron chi connectivity index (χ1n) is 20.0. The second kappa shape index (κ2) is 21.9. The maximum atomic E-state index is 14.3. The summed E-state index contributed by atoms with van der Waals surface area (Å²) in [6.45, 7) is 10.3. The Kier molecular flexibility index (Phi) is 17.0. The minimum Gasteiger partial charge on any atom is -0.445 e. The minimum atomic E-state index is -1.42. The maximum absolute atomic E-state index is 14.3. The van der Waals surface area contributed by atoms with Crippen molar-refractivity contribution in [3.05, 3.63) is 144 Å². The van der Waals surface area contributed by atoms with Crippen LogP contribution >= 0.6 is 0 Å². The Hall–Kier alpha value is -5.72. The van der Waals surface area contributed by atoms with Crippen molar-refractivity contribution < 1.29 is 38.9 Å². The fourth-order valence-electron chi connectivity index (χ4n) is 6.72. The molecule has 0 saturated carbocycles. The molecule has 0 spiro atoms. The Labute approximate surface area is 348 Å². The molecule has 0 aliphatic carbocycles. The second-order valence-electron chi connectivity index (χ2n) is 17.0. The van der Waals surface area contributed by atoms with Gasteiger partial charge in [0, 0.05) is 12.0 Å². The van der Waals surface area contributed by atoms with Gasteiger partial charge in [-0.2, -0.15) is 0 Å². The molecular weight excluding hydrogens is 749 g/mol. The van der Waals surface area contributed by atoms with E-state index in [9.17, 15) is 29.4 Å². The lowest BCUT2D eigenvalue weighted by Gasteiger charge is -2.38. The third kappa shape index (κ3) is 14.9. The van der Waals surface area contributed by atoms with E-state index in [-0.39, 0.29) is 26.1 Å². The van der Waals surface area contributed by atoms with E-state index in [2.05, 4.69) is 21.3 Å². The highest BCUT2D eigenvalue weighted by atomic mass is 16.6. The number of hydrogen-bond donors (Lipinski definition) is 6. The van der Waals surface area contributed by atoms with Crippen LogP contribution in [0, 0.1) is 16.7 Å². The molecule has 6 atom stereocenters. The van der Waals surface area contributed by atoms with Crippen molar-refractivity contribution >= 4 is 24.0 Å². The molecular formula is C47H60N4O8. The van der Waals surface area contributed by atoms with Crippen molar-refractivity contribution in [1.29, 1.82) is 0 Å². The highest BCUT2D eigenvalue weighted by Gasteiger charge is 2.41. The Bertz CT molecular complexity index is 1900. The van der Waals surface area contributed by atoms with E-state index in [1.807, 2.05) is 142 Å². The van der Waals surface area contributed by atoms with Crippen molar-refractivity contribution in [2.75, 3.05) is 6.61 Å². The predicted molar refractivity (Wildman–Crippen MR) is 227 cm³/mol. The molecule has 6 N–H and O–H groups in total. The molecule has 4 rings (SSSR count). The van der Waals surface area contributed by atoms with E-state index in [1.54, 1.807) is 20.8 Å². The summed E-state index contributed by atoms with van der Waals surface area (Å²) in [5.41, 5.74) is 1.63. The van der Waals surface area contributed by atoms with Crippen LogP contribution in [0.4, 0.5) is 9.59 Å². The summed E-state index contributed by atoms with van der Waals surface area (Å²) < 4.78 is 10.9. The average molecular weight is 809 g/mol. The van der Waals surface area contributed by atoms with Gasteiger partial charge in [-0.3, -0.25) is 9.59 Å². The Balaban J connectivity index is 1.60. The smallest absolute Gasteiger partial charge is 0.408 e. The van der Waals surface area contributed by atoms with Crippen LogP contribution in [0.1, 0.15) is 63.8 Å². The fraction of sp³-hybridized carbons (Fsp3) is 0.404. The van der Waals surface area contributed by atoms with E-state index in [4.69, 9.17) is 9.47 Å². The molecule has 4 aromatic carbocycles. The van der Waals surface area contributed by atoms with Gasteiger partial charge in [0.2, 0.25) is 11.8 Å². The van der Waals surface area contributed by atoms with E-state index in [0.29, 0.717) is 0 Å². The number of nitrogens with one attached hydrogen (secondary N) is 4. The van der Waals surface area contributed by atoms with Crippen LogP contribution < -0.4 is 21.3 Å². The molecule has 0 aliphatic heterocycles. The van der Waals surface area contributed by atoms with E-state index < -0.39 is 77.6 Å². The Morgan fingerprint density at radius 2 is 0.831 bits per heavy atom. The number of aliphatic hydroxyl groups excluding tert-OH is 2. The van der Waals surface area contributed by atoms with Gasteiger partial charge in [-0.25, -0.2) is 9.59 Å². The molecule has 0 unspecified atom stereocenters. The third-order valence-electron chi connectivity index (χ3n) is 10.0. The Morgan fingerprint density at radius 1 is 0.508 bits per heavy atom. The van der Waals surface area contributed by atoms with Crippen molar-refractivity contribution in [3.8, 4) is 0 Å². The quantitative estimate of drug-likeness (QED) is 0.0700. The van der Waals surface area contributed by atoms with Crippen LogP contribution in [-0.4, -0.2) is 71.1 Å². The van der Waals surface area contributed by atoms with Crippen molar-refractivity contribution in [2.24, 2.45) is 16.7 Å². The summed E-state index contributed by atoms with van der Waals surface area (Å²) in [7, 11) is 0. The number of hydrogen-bond acceptors (Lipinski definition) is 8.